The molecule has 0 amide bonds. The van der Waals surface area contributed by atoms with E-state index in [1.165, 1.54) is 57.8 Å². The second-order valence-electron chi connectivity index (χ2n) is 8.84. The van der Waals surface area contributed by atoms with Crippen LogP contribution in [-0.2, 0) is 0 Å². The molecule has 1 unspecified atom stereocenters. The van der Waals surface area contributed by atoms with Crippen molar-refractivity contribution in [2.45, 2.75) is 116 Å². The number of hydrogen-bond acceptors (Lipinski definition) is 0. The van der Waals surface area contributed by atoms with Crippen LogP contribution in [0.25, 0.3) is 0 Å². The monoisotopic (exact) mass is 360 g/mol. The molecule has 0 aromatic heterocycles. The highest BCUT2D eigenvalue weighted by Crippen LogP contribution is 2.41. The molecule has 1 atom stereocenters. The van der Waals surface area contributed by atoms with Gasteiger partial charge in [0.15, 0.2) is 0 Å². The fourth-order valence-corrected chi connectivity index (χ4v) is 5.32. The van der Waals surface area contributed by atoms with Gasteiger partial charge in [-0.15, -0.1) is 0 Å². The maximum atomic E-state index is 13.2. The number of hydrogen-bond donors (Lipinski definition) is 0. The first kappa shape index (κ1) is 21.1. The molecular weight excluding hydrogens is 321 g/mol. The average Bonchev–Trinajstić information content (AvgIpc) is 2.61. The van der Waals surface area contributed by atoms with E-state index < -0.39 is 12.1 Å². The summed E-state index contributed by atoms with van der Waals surface area (Å²) in [4.78, 5) is 0. The first-order valence-corrected chi connectivity index (χ1v) is 11.1. The van der Waals surface area contributed by atoms with Gasteiger partial charge in [0.25, 0.3) is 0 Å². The molecule has 0 N–H and O–H groups in total. The van der Waals surface area contributed by atoms with Gasteiger partial charge in [0.1, 0.15) is 0 Å². The zero-order valence-electron chi connectivity index (χ0n) is 16.3. The highest BCUT2D eigenvalue weighted by atomic mass is 19.4. The Morgan fingerprint density at radius 1 is 0.760 bits per heavy atom. The molecule has 148 valence electrons. The lowest BCUT2D eigenvalue weighted by atomic mass is 9.70. The molecule has 0 aliphatic heterocycles. The minimum Gasteiger partial charge on any atom is -0.171 e. The van der Waals surface area contributed by atoms with Gasteiger partial charge in [-0.05, 0) is 43.4 Å². The van der Waals surface area contributed by atoms with Crippen LogP contribution in [0.2, 0.25) is 0 Å². The fourth-order valence-electron chi connectivity index (χ4n) is 5.32. The Morgan fingerprint density at radius 2 is 1.36 bits per heavy atom. The fraction of sp³-hybridized carbons (Fsp3) is 1.00. The van der Waals surface area contributed by atoms with Crippen molar-refractivity contribution in [3.05, 3.63) is 0 Å². The van der Waals surface area contributed by atoms with E-state index in [4.69, 9.17) is 0 Å². The standard InChI is InChI=1S/C22H39F3/c1-2-3-5-12-21(22(23,24)25)13-8-9-18-14-16-20(17-15-18)19-10-6-4-7-11-19/h18-21H,2-17H2,1H3. The van der Waals surface area contributed by atoms with Crippen LogP contribution >= 0.6 is 0 Å². The molecule has 0 spiro atoms. The summed E-state index contributed by atoms with van der Waals surface area (Å²) < 4.78 is 39.5. The molecule has 2 saturated carbocycles. The quantitative estimate of drug-likeness (QED) is 0.363. The van der Waals surface area contributed by atoms with Gasteiger partial charge in [0.2, 0.25) is 0 Å². The third-order valence-electron chi connectivity index (χ3n) is 6.99. The molecule has 0 nitrogen and oxygen atoms in total. The molecule has 0 aromatic carbocycles. The third kappa shape index (κ3) is 7.51. The second kappa shape index (κ2) is 10.8. The largest absolute Gasteiger partial charge is 0.391 e. The second-order valence-corrected chi connectivity index (χ2v) is 8.84. The first-order valence-electron chi connectivity index (χ1n) is 11.1. The van der Waals surface area contributed by atoms with E-state index in [0.29, 0.717) is 18.8 Å². The minimum absolute atomic E-state index is 0.339. The van der Waals surface area contributed by atoms with Crippen LogP contribution in [0.15, 0.2) is 0 Å². The molecule has 0 aromatic rings. The van der Waals surface area contributed by atoms with Crippen LogP contribution in [0.4, 0.5) is 13.2 Å². The van der Waals surface area contributed by atoms with Gasteiger partial charge in [-0.25, -0.2) is 0 Å². The minimum atomic E-state index is -3.99. The third-order valence-corrected chi connectivity index (χ3v) is 6.99. The van der Waals surface area contributed by atoms with Gasteiger partial charge in [-0.2, -0.15) is 13.2 Å². The molecule has 0 saturated heterocycles. The van der Waals surface area contributed by atoms with Gasteiger partial charge >= 0.3 is 6.18 Å². The maximum absolute atomic E-state index is 13.2. The molecule has 3 heteroatoms. The molecule has 0 heterocycles. The average molecular weight is 361 g/mol. The zero-order valence-corrected chi connectivity index (χ0v) is 16.3. The Balaban J connectivity index is 1.63. The summed E-state index contributed by atoms with van der Waals surface area (Å²) in [5, 5.41) is 0. The summed E-state index contributed by atoms with van der Waals surface area (Å²) in [6.45, 7) is 2.05. The topological polar surface area (TPSA) is 0 Å². The summed E-state index contributed by atoms with van der Waals surface area (Å²) in [5.74, 6) is 1.53. The smallest absolute Gasteiger partial charge is 0.171 e. The molecule has 2 aliphatic rings. The molecule has 2 fully saturated rings. The molecule has 25 heavy (non-hydrogen) atoms. The van der Waals surface area contributed by atoms with Crippen molar-refractivity contribution < 1.29 is 13.2 Å². The van der Waals surface area contributed by atoms with E-state index in [1.54, 1.807) is 0 Å². The van der Waals surface area contributed by atoms with E-state index >= 15 is 0 Å². The van der Waals surface area contributed by atoms with Crippen molar-refractivity contribution in [3.63, 3.8) is 0 Å². The lowest BCUT2D eigenvalue weighted by Gasteiger charge is -2.36. The van der Waals surface area contributed by atoms with Crippen molar-refractivity contribution in [1.29, 1.82) is 0 Å². The highest BCUT2D eigenvalue weighted by Gasteiger charge is 2.38. The van der Waals surface area contributed by atoms with E-state index in [2.05, 4.69) is 0 Å². The van der Waals surface area contributed by atoms with Crippen LogP contribution < -0.4 is 0 Å². The molecule has 2 rings (SSSR count). The molecule has 0 radical (unpaired) electrons. The number of alkyl halides is 3. The van der Waals surface area contributed by atoms with Crippen molar-refractivity contribution in [2.75, 3.05) is 0 Å². The lowest BCUT2D eigenvalue weighted by molar-refractivity contribution is -0.178. The summed E-state index contributed by atoms with van der Waals surface area (Å²) in [7, 11) is 0. The van der Waals surface area contributed by atoms with Crippen LogP contribution in [0.3, 0.4) is 0 Å². The predicted octanol–water partition coefficient (Wildman–Crippen LogP) is 8.30. The van der Waals surface area contributed by atoms with Crippen molar-refractivity contribution in [2.24, 2.45) is 23.7 Å². The first-order chi connectivity index (χ1) is 12.0. The van der Waals surface area contributed by atoms with Crippen LogP contribution in [-0.4, -0.2) is 6.18 Å². The Morgan fingerprint density at radius 3 is 1.96 bits per heavy atom. The Kier molecular flexibility index (Phi) is 9.13. The van der Waals surface area contributed by atoms with Crippen molar-refractivity contribution >= 4 is 0 Å². The van der Waals surface area contributed by atoms with Crippen LogP contribution in [0.1, 0.15) is 110 Å². The predicted molar refractivity (Wildman–Crippen MR) is 99.6 cm³/mol. The molecule has 0 bridgehead atoms. The highest BCUT2D eigenvalue weighted by molar-refractivity contribution is 4.80. The summed E-state index contributed by atoms with van der Waals surface area (Å²) >= 11 is 0. The molecule has 2 aliphatic carbocycles. The van der Waals surface area contributed by atoms with E-state index in [-0.39, 0.29) is 0 Å². The van der Waals surface area contributed by atoms with Gasteiger partial charge in [0.05, 0.1) is 5.92 Å². The van der Waals surface area contributed by atoms with E-state index in [0.717, 1.165) is 43.9 Å². The number of halogens is 3. The summed E-state index contributed by atoms with van der Waals surface area (Å²) in [6, 6.07) is 0. The van der Waals surface area contributed by atoms with Crippen molar-refractivity contribution in [3.8, 4) is 0 Å². The zero-order chi connectivity index (χ0) is 18.1. The summed E-state index contributed by atoms with van der Waals surface area (Å²) in [5.41, 5.74) is 0. The SMILES string of the molecule is CCCCCC(CCCC1CCC(C2CCCCC2)CC1)C(F)(F)F. The molecular formula is C22H39F3. The normalized spacial score (nSPS) is 27.4. The Hall–Kier alpha value is -0.210. The summed E-state index contributed by atoms with van der Waals surface area (Å²) in [6.07, 6.45) is 13.5. The van der Waals surface area contributed by atoms with Crippen LogP contribution in [0, 0.1) is 23.7 Å². The maximum Gasteiger partial charge on any atom is 0.391 e. The van der Waals surface area contributed by atoms with Gasteiger partial charge in [0, 0.05) is 0 Å². The van der Waals surface area contributed by atoms with Crippen molar-refractivity contribution in [1.82, 2.24) is 0 Å². The van der Waals surface area contributed by atoms with Crippen LogP contribution in [0.5, 0.6) is 0 Å². The lowest BCUT2D eigenvalue weighted by Crippen LogP contribution is -2.25. The Bertz CT molecular complexity index is 336. The van der Waals surface area contributed by atoms with Gasteiger partial charge in [-0.1, -0.05) is 84.0 Å². The number of rotatable bonds is 9. The Labute approximate surface area is 153 Å². The number of unbranched alkanes of at least 4 members (excludes halogenated alkanes) is 2. The van der Waals surface area contributed by atoms with E-state index in [9.17, 15) is 13.2 Å². The van der Waals surface area contributed by atoms with E-state index in [1.807, 2.05) is 6.92 Å². The van der Waals surface area contributed by atoms with Gasteiger partial charge < -0.3 is 0 Å². The van der Waals surface area contributed by atoms with Gasteiger partial charge in [-0.3, -0.25) is 0 Å².